The SMILES string of the molecule is Nc1nc2nc3c1[nH]c(=O)n3Cc1cc(cc(OC3CCNCC3)c1)C/C=C/CCO2. The number of nitrogens with one attached hydrogen (secondary N) is 2. The second kappa shape index (κ2) is 8.43. The molecular weight excluding hydrogens is 396 g/mol. The van der Waals surface area contributed by atoms with Gasteiger partial charge in [-0.3, -0.25) is 4.57 Å². The van der Waals surface area contributed by atoms with Crippen LogP contribution in [0.2, 0.25) is 0 Å². The summed E-state index contributed by atoms with van der Waals surface area (Å²) in [5.74, 6) is 1.04. The summed E-state index contributed by atoms with van der Waals surface area (Å²) in [4.78, 5) is 24.1. The Balaban J connectivity index is 1.56. The number of aromatic nitrogens is 4. The molecule has 2 aliphatic heterocycles. The van der Waals surface area contributed by atoms with E-state index < -0.39 is 0 Å². The largest absolute Gasteiger partial charge is 0.490 e. The van der Waals surface area contributed by atoms with Crippen LogP contribution in [-0.2, 0) is 13.0 Å². The minimum atomic E-state index is -0.286. The Kier molecular flexibility index (Phi) is 5.33. The lowest BCUT2D eigenvalue weighted by molar-refractivity contribution is 0.162. The summed E-state index contributed by atoms with van der Waals surface area (Å²) in [7, 11) is 0. The average molecular weight is 422 g/mol. The summed E-state index contributed by atoms with van der Waals surface area (Å²) in [5.41, 5.74) is 8.72. The maximum Gasteiger partial charge on any atom is 0.328 e. The zero-order valence-corrected chi connectivity index (χ0v) is 17.3. The van der Waals surface area contributed by atoms with Gasteiger partial charge in [-0.25, -0.2) is 4.79 Å². The van der Waals surface area contributed by atoms with Crippen molar-refractivity contribution in [1.29, 1.82) is 0 Å². The first-order valence-corrected chi connectivity index (χ1v) is 10.7. The summed E-state index contributed by atoms with van der Waals surface area (Å²) >= 11 is 0. The highest BCUT2D eigenvalue weighted by Crippen LogP contribution is 2.24. The number of H-pyrrole nitrogens is 1. The predicted octanol–water partition coefficient (Wildman–Crippen LogP) is 1.76. The summed E-state index contributed by atoms with van der Waals surface area (Å²) in [5, 5.41) is 3.36. The highest BCUT2D eigenvalue weighted by atomic mass is 16.5. The number of rotatable bonds is 2. The van der Waals surface area contributed by atoms with Crippen molar-refractivity contribution in [2.75, 3.05) is 25.4 Å². The Morgan fingerprint density at radius 2 is 1.97 bits per heavy atom. The summed E-state index contributed by atoms with van der Waals surface area (Å²) in [6.45, 7) is 2.71. The molecule has 9 heteroatoms. The van der Waals surface area contributed by atoms with Crippen LogP contribution in [0, 0.1) is 0 Å². The number of nitrogens with two attached hydrogens (primary N) is 1. The molecule has 0 atom stereocenters. The topological polar surface area (TPSA) is 120 Å². The van der Waals surface area contributed by atoms with Gasteiger partial charge in [0.15, 0.2) is 11.5 Å². The number of piperidine rings is 1. The van der Waals surface area contributed by atoms with E-state index in [2.05, 4.69) is 44.6 Å². The van der Waals surface area contributed by atoms with Crippen molar-refractivity contribution in [2.24, 2.45) is 0 Å². The molecule has 9 nitrogen and oxygen atoms in total. The molecule has 4 bridgehead atoms. The normalized spacial score (nSPS) is 18.5. The molecule has 4 N–H and O–H groups in total. The van der Waals surface area contributed by atoms with Gasteiger partial charge in [0.25, 0.3) is 0 Å². The number of nitrogens with zero attached hydrogens (tertiary/aromatic N) is 3. The number of nitrogen functional groups attached to an aromatic ring is 1. The lowest BCUT2D eigenvalue weighted by Gasteiger charge is -2.24. The van der Waals surface area contributed by atoms with E-state index in [4.69, 9.17) is 15.2 Å². The van der Waals surface area contributed by atoms with E-state index in [1.165, 1.54) is 0 Å². The number of benzene rings is 1. The molecule has 162 valence electrons. The summed E-state index contributed by atoms with van der Waals surface area (Å²) in [6.07, 6.45) is 7.88. The van der Waals surface area contributed by atoms with Gasteiger partial charge in [-0.1, -0.05) is 18.2 Å². The number of aromatic amines is 1. The maximum absolute atomic E-state index is 12.7. The van der Waals surface area contributed by atoms with Crippen LogP contribution in [0.25, 0.3) is 11.2 Å². The van der Waals surface area contributed by atoms with Gasteiger partial charge >= 0.3 is 11.7 Å². The van der Waals surface area contributed by atoms with Crippen LogP contribution < -0.4 is 26.2 Å². The number of imidazole rings is 1. The zero-order valence-electron chi connectivity index (χ0n) is 17.3. The van der Waals surface area contributed by atoms with Crippen molar-refractivity contribution < 1.29 is 9.47 Å². The monoisotopic (exact) mass is 422 g/mol. The van der Waals surface area contributed by atoms with E-state index in [1.54, 1.807) is 4.57 Å². The van der Waals surface area contributed by atoms with E-state index in [0.29, 0.717) is 24.3 Å². The fourth-order valence-electron chi connectivity index (χ4n) is 4.09. The number of anilines is 1. The molecule has 4 heterocycles. The van der Waals surface area contributed by atoms with Crippen LogP contribution in [0.4, 0.5) is 5.82 Å². The molecule has 5 rings (SSSR count). The Morgan fingerprint density at radius 1 is 1.13 bits per heavy atom. The van der Waals surface area contributed by atoms with Gasteiger partial charge in [0.05, 0.1) is 13.2 Å². The van der Waals surface area contributed by atoms with E-state index in [1.807, 2.05) is 6.07 Å². The molecule has 0 radical (unpaired) electrons. The van der Waals surface area contributed by atoms with Crippen molar-refractivity contribution in [3.63, 3.8) is 0 Å². The molecule has 2 aromatic heterocycles. The first-order chi connectivity index (χ1) is 15.2. The highest BCUT2D eigenvalue weighted by Gasteiger charge is 2.18. The molecule has 3 aromatic rings. The van der Waals surface area contributed by atoms with Crippen LogP contribution in [0.1, 0.15) is 30.4 Å². The van der Waals surface area contributed by atoms with Crippen molar-refractivity contribution in [3.8, 4) is 11.8 Å². The first-order valence-electron chi connectivity index (χ1n) is 10.7. The standard InChI is InChI=1S/C22H26N6O3/c23-19-18-20-27-21(26-19)30-9-3-1-2-4-14-10-15(13-28(20)22(29)25-18)12-17(11-14)31-16-5-7-24-8-6-16/h1-2,10-12,16,24H,3-9,13H2,(H,25,29)(H2,23,26,27)/b2-1+. The number of hydrogen-bond donors (Lipinski definition) is 3. The third kappa shape index (κ3) is 4.27. The third-order valence-electron chi connectivity index (χ3n) is 5.62. The van der Waals surface area contributed by atoms with E-state index in [9.17, 15) is 4.79 Å². The van der Waals surface area contributed by atoms with Gasteiger partial charge in [0.2, 0.25) is 0 Å². The zero-order chi connectivity index (χ0) is 21.2. The lowest BCUT2D eigenvalue weighted by atomic mass is 10.1. The Hall–Kier alpha value is -3.33. The van der Waals surface area contributed by atoms with Crippen molar-refractivity contribution in [2.45, 2.75) is 38.3 Å². The van der Waals surface area contributed by atoms with Crippen LogP contribution in [0.15, 0.2) is 35.1 Å². The molecule has 0 aliphatic carbocycles. The van der Waals surface area contributed by atoms with Crippen LogP contribution in [0.5, 0.6) is 11.8 Å². The average Bonchev–Trinajstić information content (AvgIpc) is 3.07. The van der Waals surface area contributed by atoms with E-state index >= 15 is 0 Å². The number of hydrogen-bond acceptors (Lipinski definition) is 7. The molecule has 31 heavy (non-hydrogen) atoms. The molecule has 0 spiro atoms. The fraction of sp³-hybridized carbons (Fsp3) is 0.409. The van der Waals surface area contributed by atoms with Crippen molar-refractivity contribution >= 4 is 17.0 Å². The molecule has 1 aromatic carbocycles. The van der Waals surface area contributed by atoms with Gasteiger partial charge < -0.3 is 25.5 Å². The first kappa shape index (κ1) is 19.6. The summed E-state index contributed by atoms with van der Waals surface area (Å²) < 4.78 is 13.5. The van der Waals surface area contributed by atoms with Crippen LogP contribution in [-0.4, -0.2) is 45.3 Å². The second-order valence-corrected chi connectivity index (χ2v) is 7.97. The van der Waals surface area contributed by atoms with Crippen molar-refractivity contribution in [3.05, 3.63) is 52.0 Å². The number of fused-ring (bicyclic) bond motifs is 3. The van der Waals surface area contributed by atoms with Crippen LogP contribution >= 0.6 is 0 Å². The van der Waals surface area contributed by atoms with Crippen LogP contribution in [0.3, 0.4) is 0 Å². The van der Waals surface area contributed by atoms with Crippen molar-refractivity contribution in [1.82, 2.24) is 24.8 Å². The van der Waals surface area contributed by atoms with Gasteiger partial charge in [0, 0.05) is 0 Å². The molecule has 0 saturated carbocycles. The maximum atomic E-state index is 12.7. The molecule has 1 saturated heterocycles. The molecule has 2 aliphatic rings. The molecule has 1 fully saturated rings. The lowest BCUT2D eigenvalue weighted by Crippen LogP contribution is -2.34. The highest BCUT2D eigenvalue weighted by molar-refractivity contribution is 5.81. The molecule has 0 unspecified atom stereocenters. The second-order valence-electron chi connectivity index (χ2n) is 7.97. The van der Waals surface area contributed by atoms with E-state index in [0.717, 1.165) is 55.6 Å². The third-order valence-corrected chi connectivity index (χ3v) is 5.62. The molecule has 0 amide bonds. The number of allylic oxidation sites excluding steroid dienone is 1. The Bertz CT molecular complexity index is 1180. The molecular formula is C22H26N6O3. The fourth-order valence-corrected chi connectivity index (χ4v) is 4.09. The minimum absolute atomic E-state index is 0.173. The Labute approximate surface area is 179 Å². The van der Waals surface area contributed by atoms with Gasteiger partial charge in [0.1, 0.15) is 17.4 Å². The predicted molar refractivity (Wildman–Crippen MR) is 118 cm³/mol. The van der Waals surface area contributed by atoms with Gasteiger partial charge in [-0.15, -0.1) is 0 Å². The Morgan fingerprint density at radius 3 is 2.84 bits per heavy atom. The number of ether oxygens (including phenoxy) is 2. The quantitative estimate of drug-likeness (QED) is 0.538. The van der Waals surface area contributed by atoms with E-state index in [-0.39, 0.29) is 23.6 Å². The minimum Gasteiger partial charge on any atom is -0.490 e. The summed E-state index contributed by atoms with van der Waals surface area (Å²) in [6, 6.07) is 6.38. The smallest absolute Gasteiger partial charge is 0.328 e. The van der Waals surface area contributed by atoms with Gasteiger partial charge in [-0.05, 0) is 62.0 Å². The van der Waals surface area contributed by atoms with Gasteiger partial charge in [-0.2, -0.15) is 9.97 Å².